The van der Waals surface area contributed by atoms with Crippen LogP contribution in [0.1, 0.15) is 15.9 Å². The number of aldehydes is 1. The molecule has 0 saturated carbocycles. The van der Waals surface area contributed by atoms with Gasteiger partial charge in [0.25, 0.3) is 0 Å². The number of hydrogen-bond donors (Lipinski definition) is 0. The summed E-state index contributed by atoms with van der Waals surface area (Å²) in [6.45, 7) is 1.95. The molecule has 110 valence electrons. The number of nitrogens with zero attached hydrogens (tertiary/aromatic N) is 3. The van der Waals surface area contributed by atoms with E-state index in [0.29, 0.717) is 11.8 Å². The van der Waals surface area contributed by atoms with Gasteiger partial charge >= 0.3 is 5.88 Å². The van der Waals surface area contributed by atoms with Crippen LogP contribution in [0.25, 0.3) is 17.1 Å². The Kier molecular flexibility index (Phi) is 3.30. The first kappa shape index (κ1) is 13.7. The third kappa shape index (κ3) is 2.39. The molecule has 0 spiro atoms. The maximum atomic E-state index is 11.2. The summed E-state index contributed by atoms with van der Waals surface area (Å²) in [6, 6.07) is 10.2. The summed E-state index contributed by atoms with van der Waals surface area (Å²) in [5.74, 6) is -0.211. The zero-order chi connectivity index (χ0) is 15.7. The normalized spacial score (nSPS) is 10.6. The summed E-state index contributed by atoms with van der Waals surface area (Å²) in [5.41, 5.74) is 2.40. The lowest BCUT2D eigenvalue weighted by molar-refractivity contribution is -0.401. The average molecular weight is 297 g/mol. The van der Waals surface area contributed by atoms with E-state index in [9.17, 15) is 14.9 Å². The molecule has 7 heteroatoms. The fourth-order valence-electron chi connectivity index (χ4n) is 2.12. The number of carbonyl (C=O) groups is 1. The molecule has 0 bridgehead atoms. The summed E-state index contributed by atoms with van der Waals surface area (Å²) in [7, 11) is 0. The van der Waals surface area contributed by atoms with Gasteiger partial charge in [0.15, 0.2) is 12.0 Å². The summed E-state index contributed by atoms with van der Waals surface area (Å²) in [4.78, 5) is 21.3. The van der Waals surface area contributed by atoms with E-state index in [4.69, 9.17) is 4.42 Å². The first-order valence-corrected chi connectivity index (χ1v) is 6.45. The lowest BCUT2D eigenvalue weighted by Gasteiger charge is -2.01. The Morgan fingerprint density at radius 3 is 2.77 bits per heavy atom. The van der Waals surface area contributed by atoms with Crippen LogP contribution < -0.4 is 0 Å². The Morgan fingerprint density at radius 2 is 2.14 bits per heavy atom. The maximum Gasteiger partial charge on any atom is 0.433 e. The van der Waals surface area contributed by atoms with E-state index in [-0.39, 0.29) is 11.5 Å². The van der Waals surface area contributed by atoms with Crippen LogP contribution in [0.2, 0.25) is 0 Å². The van der Waals surface area contributed by atoms with Gasteiger partial charge in [0, 0.05) is 6.20 Å². The maximum absolute atomic E-state index is 11.2. The molecular formula is C15H11N3O4. The molecule has 0 amide bonds. The number of nitro groups is 1. The molecule has 7 nitrogen and oxygen atoms in total. The Balaban J connectivity index is 2.08. The van der Waals surface area contributed by atoms with E-state index in [1.54, 1.807) is 10.9 Å². The fourth-order valence-corrected chi connectivity index (χ4v) is 2.12. The summed E-state index contributed by atoms with van der Waals surface area (Å²) in [6.07, 6.45) is 2.20. The second-order valence-electron chi connectivity index (χ2n) is 4.73. The summed E-state index contributed by atoms with van der Waals surface area (Å²) in [5, 5.41) is 15.0. The van der Waals surface area contributed by atoms with Crippen LogP contribution >= 0.6 is 0 Å². The minimum atomic E-state index is -0.637. The van der Waals surface area contributed by atoms with Crippen LogP contribution in [0.4, 0.5) is 5.88 Å². The molecule has 2 heterocycles. The molecule has 0 unspecified atom stereocenters. The van der Waals surface area contributed by atoms with Gasteiger partial charge in [-0.1, -0.05) is 12.1 Å². The zero-order valence-electron chi connectivity index (χ0n) is 11.6. The van der Waals surface area contributed by atoms with Gasteiger partial charge in [0.1, 0.15) is 10.6 Å². The molecule has 0 saturated heterocycles. The van der Waals surface area contributed by atoms with Crippen LogP contribution in [-0.2, 0) is 0 Å². The SMILES string of the molecule is Cc1cccc(-n2cc(C=O)c(-c3ccc([N+](=O)[O-])o3)n2)c1. The highest BCUT2D eigenvalue weighted by atomic mass is 16.6. The van der Waals surface area contributed by atoms with Crippen molar-refractivity contribution in [2.45, 2.75) is 6.92 Å². The highest BCUT2D eigenvalue weighted by Crippen LogP contribution is 2.27. The third-order valence-electron chi connectivity index (χ3n) is 3.14. The molecule has 2 aromatic heterocycles. The van der Waals surface area contributed by atoms with Crippen molar-refractivity contribution in [2.24, 2.45) is 0 Å². The molecule has 3 aromatic rings. The van der Waals surface area contributed by atoms with Crippen molar-refractivity contribution in [1.29, 1.82) is 0 Å². The van der Waals surface area contributed by atoms with E-state index < -0.39 is 10.8 Å². The Bertz CT molecular complexity index is 863. The quantitative estimate of drug-likeness (QED) is 0.419. The van der Waals surface area contributed by atoms with Crippen LogP contribution in [0.15, 0.2) is 47.0 Å². The number of rotatable bonds is 4. The monoisotopic (exact) mass is 297 g/mol. The predicted octanol–water partition coefficient (Wildman–Crippen LogP) is 3.16. The minimum Gasteiger partial charge on any atom is -0.399 e. The zero-order valence-corrected chi connectivity index (χ0v) is 11.6. The first-order valence-electron chi connectivity index (χ1n) is 6.45. The molecule has 0 radical (unpaired) electrons. The topological polar surface area (TPSA) is 91.2 Å². The number of benzene rings is 1. The van der Waals surface area contributed by atoms with Gasteiger partial charge in [-0.15, -0.1) is 0 Å². The van der Waals surface area contributed by atoms with Gasteiger partial charge in [-0.25, -0.2) is 4.68 Å². The second kappa shape index (κ2) is 5.28. The van der Waals surface area contributed by atoms with Gasteiger partial charge in [0.2, 0.25) is 0 Å². The number of hydrogen-bond acceptors (Lipinski definition) is 5. The van der Waals surface area contributed by atoms with Gasteiger partial charge in [0.05, 0.1) is 17.3 Å². The van der Waals surface area contributed by atoms with E-state index in [2.05, 4.69) is 5.10 Å². The van der Waals surface area contributed by atoms with Crippen LogP contribution in [0.3, 0.4) is 0 Å². The first-order chi connectivity index (χ1) is 10.6. The van der Waals surface area contributed by atoms with E-state index in [0.717, 1.165) is 11.3 Å². The van der Waals surface area contributed by atoms with E-state index in [1.165, 1.54) is 12.1 Å². The van der Waals surface area contributed by atoms with Crippen molar-refractivity contribution in [2.75, 3.05) is 0 Å². The van der Waals surface area contributed by atoms with Crippen molar-refractivity contribution in [3.8, 4) is 17.1 Å². The van der Waals surface area contributed by atoms with Crippen molar-refractivity contribution in [3.63, 3.8) is 0 Å². The van der Waals surface area contributed by atoms with Gasteiger partial charge in [-0.3, -0.25) is 14.9 Å². The second-order valence-corrected chi connectivity index (χ2v) is 4.73. The van der Waals surface area contributed by atoms with Crippen molar-refractivity contribution < 1.29 is 14.1 Å². The molecule has 0 aliphatic carbocycles. The average Bonchev–Trinajstić information content (AvgIpc) is 3.13. The molecular weight excluding hydrogens is 286 g/mol. The number of furan rings is 1. The van der Waals surface area contributed by atoms with Crippen LogP contribution in [-0.4, -0.2) is 21.0 Å². The van der Waals surface area contributed by atoms with Crippen molar-refractivity contribution >= 4 is 12.2 Å². The van der Waals surface area contributed by atoms with Gasteiger partial charge in [-0.2, -0.15) is 5.10 Å². The summed E-state index contributed by atoms with van der Waals surface area (Å²) >= 11 is 0. The lowest BCUT2D eigenvalue weighted by atomic mass is 10.2. The molecule has 22 heavy (non-hydrogen) atoms. The number of aromatic nitrogens is 2. The molecule has 0 N–H and O–H groups in total. The lowest BCUT2D eigenvalue weighted by Crippen LogP contribution is -1.94. The Labute approximate surface area is 124 Å². The molecule has 1 aromatic carbocycles. The highest BCUT2D eigenvalue weighted by Gasteiger charge is 2.19. The van der Waals surface area contributed by atoms with Crippen molar-refractivity contribution in [3.05, 3.63) is 63.8 Å². The van der Waals surface area contributed by atoms with E-state index in [1.807, 2.05) is 31.2 Å². The molecule has 0 aliphatic heterocycles. The Morgan fingerprint density at radius 1 is 1.32 bits per heavy atom. The third-order valence-corrected chi connectivity index (χ3v) is 3.14. The van der Waals surface area contributed by atoms with Crippen molar-refractivity contribution in [1.82, 2.24) is 9.78 Å². The fraction of sp³-hybridized carbons (Fsp3) is 0.0667. The molecule has 0 fully saturated rings. The van der Waals surface area contributed by atoms with Crippen LogP contribution in [0.5, 0.6) is 0 Å². The standard InChI is InChI=1S/C15H11N3O4/c1-10-3-2-4-12(7-10)17-8-11(9-19)15(16-17)13-5-6-14(22-13)18(20)21/h2-9H,1H3. The minimum absolute atomic E-state index is 0.181. The molecule has 0 aliphatic rings. The predicted molar refractivity (Wildman–Crippen MR) is 78.0 cm³/mol. The molecule has 0 atom stereocenters. The van der Waals surface area contributed by atoms with E-state index >= 15 is 0 Å². The molecule has 3 rings (SSSR count). The number of aryl methyl sites for hydroxylation is 1. The van der Waals surface area contributed by atoms with Gasteiger partial charge in [-0.05, 0) is 30.7 Å². The Hall–Kier alpha value is -3.22. The van der Waals surface area contributed by atoms with Crippen LogP contribution in [0, 0.1) is 17.0 Å². The highest BCUT2D eigenvalue weighted by molar-refractivity contribution is 5.84. The smallest absolute Gasteiger partial charge is 0.399 e. The number of carbonyl (C=O) groups excluding carboxylic acids is 1. The summed E-state index contributed by atoms with van der Waals surface area (Å²) < 4.78 is 6.65. The largest absolute Gasteiger partial charge is 0.433 e. The van der Waals surface area contributed by atoms with Gasteiger partial charge < -0.3 is 4.42 Å².